The summed E-state index contributed by atoms with van der Waals surface area (Å²) in [5.74, 6) is 0. The molecule has 0 amide bonds. The molecule has 0 radical (unpaired) electrons. The third-order valence-corrected chi connectivity index (χ3v) is 14.6. The van der Waals surface area contributed by atoms with Crippen LogP contribution < -0.4 is 0 Å². The molecule has 0 saturated heterocycles. The van der Waals surface area contributed by atoms with Crippen molar-refractivity contribution in [2.75, 3.05) is 19.6 Å². The summed E-state index contributed by atoms with van der Waals surface area (Å²) in [4.78, 5) is 0. The van der Waals surface area contributed by atoms with Crippen LogP contribution in [0.5, 0.6) is 0 Å². The Hall–Kier alpha value is -1.60. The Bertz CT molecular complexity index is 1010. The Kier molecular flexibility index (Phi) is 48.9. The fourth-order valence-electron chi connectivity index (χ4n) is 10.1. The minimum absolute atomic E-state index is 1.16. The van der Waals surface area contributed by atoms with E-state index < -0.39 is 0 Å². The van der Waals surface area contributed by atoms with Crippen molar-refractivity contribution in [1.29, 1.82) is 0 Å². The molecular formula is C64H118N+. The molecule has 0 fully saturated rings. The molecule has 1 heteroatoms. The molecule has 1 aromatic carbocycles. The van der Waals surface area contributed by atoms with Crippen molar-refractivity contribution in [2.45, 2.75) is 316 Å². The van der Waals surface area contributed by atoms with Gasteiger partial charge in [0.15, 0.2) is 0 Å². The summed E-state index contributed by atoms with van der Waals surface area (Å²) in [7, 11) is 0. The number of hydrogen-bond donors (Lipinski definition) is 0. The summed E-state index contributed by atoms with van der Waals surface area (Å²) in [5, 5.41) is 0. The first-order valence-electron chi connectivity index (χ1n) is 30.1. The van der Waals surface area contributed by atoms with E-state index in [1.165, 1.54) is 319 Å². The third-order valence-electron chi connectivity index (χ3n) is 14.6. The lowest BCUT2D eigenvalue weighted by Crippen LogP contribution is -2.49. The molecule has 0 N–H and O–H groups in total. The average Bonchev–Trinajstić information content (AvgIpc) is 3.32. The quantitative estimate of drug-likeness (QED) is 0.0347. The molecule has 0 spiro atoms. The lowest BCUT2D eigenvalue weighted by Gasteiger charge is -2.39. The Morgan fingerprint density at radius 3 is 0.723 bits per heavy atom. The number of benzene rings is 1. The minimum Gasteiger partial charge on any atom is -0.319 e. The molecule has 0 saturated carbocycles. The molecule has 1 rings (SSSR count). The Morgan fingerprint density at radius 2 is 0.477 bits per heavy atom. The minimum atomic E-state index is 1.16. The Balaban J connectivity index is 2.54. The molecule has 0 atom stereocenters. The standard InChI is InChI=1S/C64H118N/c1-4-7-10-13-16-19-22-25-28-31-34-37-40-43-46-49-55-60-65(63-64-58-53-52-54-59-64,61-56-50-47-44-41-38-35-32-29-26-23-20-17-14-11-8-5-2)62-57-51-48-45-42-39-36-33-30-27-24-21-18-15-12-9-6-3/h46-54,58-59H,4-45,55-57,60-63H2,1-3H3/q+1/b49-46+,50-47+,51-48+. The maximum Gasteiger partial charge on any atom is 0.104 e. The highest BCUT2D eigenvalue weighted by Gasteiger charge is 2.26. The molecule has 0 aliphatic rings. The molecule has 0 aromatic heterocycles. The van der Waals surface area contributed by atoms with Gasteiger partial charge in [0, 0.05) is 24.8 Å². The SMILES string of the molecule is CCCCCCCCCCCCCCC/C=C/CC[N+](CC/C=C/CCCCCCCCCCCCCCC)(CC/C=C/CCCCCCCCCCCCCCC)Cc1ccccc1. The van der Waals surface area contributed by atoms with Crippen molar-refractivity contribution in [3.8, 4) is 0 Å². The van der Waals surface area contributed by atoms with Gasteiger partial charge < -0.3 is 4.48 Å². The Morgan fingerprint density at radius 1 is 0.262 bits per heavy atom. The number of nitrogens with zero attached hydrogens (tertiary/aromatic N) is 1. The predicted molar refractivity (Wildman–Crippen MR) is 297 cm³/mol. The largest absolute Gasteiger partial charge is 0.319 e. The van der Waals surface area contributed by atoms with Gasteiger partial charge in [-0.3, -0.25) is 0 Å². The van der Waals surface area contributed by atoms with E-state index in [0.717, 1.165) is 6.54 Å². The molecule has 0 bridgehead atoms. The fraction of sp³-hybridized carbons (Fsp3) is 0.812. The molecule has 378 valence electrons. The zero-order valence-corrected chi connectivity index (χ0v) is 44.9. The second-order valence-corrected chi connectivity index (χ2v) is 21.0. The van der Waals surface area contributed by atoms with E-state index in [1.54, 1.807) is 0 Å². The van der Waals surface area contributed by atoms with Crippen LogP contribution >= 0.6 is 0 Å². The van der Waals surface area contributed by atoms with Gasteiger partial charge in [0.05, 0.1) is 19.6 Å². The van der Waals surface area contributed by atoms with Gasteiger partial charge in [-0.15, -0.1) is 0 Å². The summed E-state index contributed by atoms with van der Waals surface area (Å²) in [6.45, 7) is 11.9. The lowest BCUT2D eigenvalue weighted by atomic mass is 10.0. The summed E-state index contributed by atoms with van der Waals surface area (Å²) in [6.07, 6.45) is 78.6. The molecule has 0 aliphatic carbocycles. The molecule has 1 aromatic rings. The van der Waals surface area contributed by atoms with Crippen LogP contribution in [0.15, 0.2) is 66.8 Å². The summed E-state index contributed by atoms with van der Waals surface area (Å²) >= 11 is 0. The zero-order chi connectivity index (χ0) is 46.5. The Labute approximate surface area is 410 Å². The van der Waals surface area contributed by atoms with Gasteiger partial charge in [-0.05, 0) is 38.5 Å². The number of unbranched alkanes of at least 4 members (excludes halogenated alkanes) is 39. The lowest BCUT2D eigenvalue weighted by molar-refractivity contribution is -0.940. The monoisotopic (exact) mass is 901 g/mol. The van der Waals surface area contributed by atoms with Gasteiger partial charge in [0.1, 0.15) is 6.54 Å². The van der Waals surface area contributed by atoms with Gasteiger partial charge in [-0.1, -0.05) is 319 Å². The van der Waals surface area contributed by atoms with Crippen molar-refractivity contribution in [3.05, 3.63) is 72.4 Å². The first kappa shape index (κ1) is 61.4. The van der Waals surface area contributed by atoms with Gasteiger partial charge in [-0.25, -0.2) is 0 Å². The van der Waals surface area contributed by atoms with Crippen molar-refractivity contribution in [3.63, 3.8) is 0 Å². The highest BCUT2D eigenvalue weighted by molar-refractivity contribution is 5.13. The maximum atomic E-state index is 2.55. The van der Waals surface area contributed by atoms with E-state index in [4.69, 9.17) is 0 Å². The van der Waals surface area contributed by atoms with Crippen LogP contribution in [0.2, 0.25) is 0 Å². The smallest absolute Gasteiger partial charge is 0.104 e. The van der Waals surface area contributed by atoms with Crippen molar-refractivity contribution < 1.29 is 4.48 Å². The highest BCUT2D eigenvalue weighted by Crippen LogP contribution is 2.21. The molecule has 0 aliphatic heterocycles. The topological polar surface area (TPSA) is 0 Å². The summed E-state index contributed by atoms with van der Waals surface area (Å²) in [6, 6.07) is 11.5. The van der Waals surface area contributed by atoms with Gasteiger partial charge in [0.2, 0.25) is 0 Å². The van der Waals surface area contributed by atoms with E-state index >= 15 is 0 Å². The second kappa shape index (κ2) is 51.8. The van der Waals surface area contributed by atoms with E-state index in [9.17, 15) is 0 Å². The van der Waals surface area contributed by atoms with Gasteiger partial charge in [0.25, 0.3) is 0 Å². The third kappa shape index (κ3) is 44.7. The van der Waals surface area contributed by atoms with Crippen LogP contribution in [-0.4, -0.2) is 24.1 Å². The molecule has 65 heavy (non-hydrogen) atoms. The molecular weight excluding hydrogens is 783 g/mol. The maximum absolute atomic E-state index is 2.55. The fourth-order valence-corrected chi connectivity index (χ4v) is 10.1. The first-order chi connectivity index (χ1) is 32.3. The van der Waals surface area contributed by atoms with Crippen LogP contribution in [0.4, 0.5) is 0 Å². The van der Waals surface area contributed by atoms with Gasteiger partial charge in [-0.2, -0.15) is 0 Å². The number of quaternary nitrogens is 1. The summed E-state index contributed by atoms with van der Waals surface area (Å²) < 4.78 is 1.21. The van der Waals surface area contributed by atoms with Crippen LogP contribution in [0.25, 0.3) is 0 Å². The van der Waals surface area contributed by atoms with Gasteiger partial charge >= 0.3 is 0 Å². The van der Waals surface area contributed by atoms with E-state index in [0.29, 0.717) is 0 Å². The first-order valence-corrected chi connectivity index (χ1v) is 30.1. The predicted octanol–water partition coefficient (Wildman–Crippen LogP) is 22.3. The van der Waals surface area contributed by atoms with E-state index in [-0.39, 0.29) is 0 Å². The number of hydrogen-bond acceptors (Lipinski definition) is 0. The molecule has 0 unspecified atom stereocenters. The van der Waals surface area contributed by atoms with E-state index in [2.05, 4.69) is 87.6 Å². The second-order valence-electron chi connectivity index (χ2n) is 21.0. The van der Waals surface area contributed by atoms with Crippen molar-refractivity contribution in [1.82, 2.24) is 0 Å². The van der Waals surface area contributed by atoms with Crippen LogP contribution in [0.3, 0.4) is 0 Å². The normalized spacial score (nSPS) is 12.3. The molecule has 0 heterocycles. The number of allylic oxidation sites excluding steroid dienone is 3. The van der Waals surface area contributed by atoms with Crippen molar-refractivity contribution >= 4 is 0 Å². The molecule has 1 nitrogen and oxygen atoms in total. The van der Waals surface area contributed by atoms with Crippen LogP contribution in [0.1, 0.15) is 315 Å². The van der Waals surface area contributed by atoms with Crippen LogP contribution in [-0.2, 0) is 6.54 Å². The average molecular weight is 902 g/mol. The van der Waals surface area contributed by atoms with E-state index in [1.807, 2.05) is 0 Å². The highest BCUT2D eigenvalue weighted by atomic mass is 15.3. The van der Waals surface area contributed by atoms with Crippen LogP contribution in [0, 0.1) is 0 Å². The number of rotatable bonds is 53. The summed E-state index contributed by atoms with van der Waals surface area (Å²) in [5.41, 5.74) is 1.51. The van der Waals surface area contributed by atoms with Crippen molar-refractivity contribution in [2.24, 2.45) is 0 Å². The zero-order valence-electron chi connectivity index (χ0n) is 44.9.